The van der Waals surface area contributed by atoms with Gasteiger partial charge >= 0.3 is 0 Å². The summed E-state index contributed by atoms with van der Waals surface area (Å²) in [4.78, 5) is 0. The van der Waals surface area contributed by atoms with Crippen LogP contribution in [-0.2, 0) is 6.54 Å². The average molecular weight is 277 g/mol. The van der Waals surface area contributed by atoms with Gasteiger partial charge in [-0.25, -0.2) is 0 Å². The van der Waals surface area contributed by atoms with E-state index in [9.17, 15) is 0 Å². The maximum Gasteiger partial charge on any atom is 0.119 e. The summed E-state index contributed by atoms with van der Waals surface area (Å²) >= 11 is 0. The number of ether oxygens (including phenoxy) is 1. The molecule has 2 heteroatoms. The summed E-state index contributed by atoms with van der Waals surface area (Å²) in [5.74, 6) is 3.16. The number of rotatable bonds is 9. The van der Waals surface area contributed by atoms with Gasteiger partial charge < -0.3 is 10.1 Å². The first kappa shape index (κ1) is 17.0. The van der Waals surface area contributed by atoms with Crippen molar-refractivity contribution in [2.24, 2.45) is 17.8 Å². The molecule has 0 aliphatic heterocycles. The fourth-order valence-corrected chi connectivity index (χ4v) is 2.59. The molecule has 0 heterocycles. The Kier molecular flexibility index (Phi) is 7.68. The van der Waals surface area contributed by atoms with Crippen LogP contribution in [0.4, 0.5) is 0 Å². The molecule has 0 saturated heterocycles. The van der Waals surface area contributed by atoms with Gasteiger partial charge in [-0.05, 0) is 48.4 Å². The maximum absolute atomic E-state index is 5.67. The van der Waals surface area contributed by atoms with E-state index in [1.54, 1.807) is 0 Å². The molecule has 0 aliphatic carbocycles. The van der Waals surface area contributed by atoms with Crippen LogP contribution in [0.3, 0.4) is 0 Å². The van der Waals surface area contributed by atoms with Crippen molar-refractivity contribution < 1.29 is 4.74 Å². The summed E-state index contributed by atoms with van der Waals surface area (Å²) in [5.41, 5.74) is 1.30. The second kappa shape index (κ2) is 9.02. The molecule has 114 valence electrons. The van der Waals surface area contributed by atoms with Crippen LogP contribution in [0, 0.1) is 17.8 Å². The highest BCUT2D eigenvalue weighted by molar-refractivity contribution is 5.28. The fraction of sp³-hybridized carbons (Fsp3) is 0.667. The maximum atomic E-state index is 5.67. The molecule has 1 rings (SSSR count). The topological polar surface area (TPSA) is 21.3 Å². The summed E-state index contributed by atoms with van der Waals surface area (Å²) in [6.45, 7) is 14.2. The minimum atomic E-state index is 0.724. The second-order valence-corrected chi connectivity index (χ2v) is 6.28. The molecular weight excluding hydrogens is 246 g/mol. The molecule has 0 radical (unpaired) electrons. The van der Waals surface area contributed by atoms with E-state index in [0.717, 1.165) is 49.6 Å². The van der Waals surface area contributed by atoms with Gasteiger partial charge in [-0.1, -0.05) is 46.8 Å². The number of benzene rings is 1. The summed E-state index contributed by atoms with van der Waals surface area (Å²) in [6.07, 6.45) is 1.05. The predicted molar refractivity (Wildman–Crippen MR) is 87.1 cm³/mol. The lowest BCUT2D eigenvalue weighted by Gasteiger charge is -2.25. The van der Waals surface area contributed by atoms with Crippen LogP contribution in [0.15, 0.2) is 24.3 Å². The smallest absolute Gasteiger partial charge is 0.119 e. The monoisotopic (exact) mass is 277 g/mol. The van der Waals surface area contributed by atoms with Crippen LogP contribution >= 0.6 is 0 Å². The van der Waals surface area contributed by atoms with E-state index in [-0.39, 0.29) is 0 Å². The van der Waals surface area contributed by atoms with Gasteiger partial charge in [0.1, 0.15) is 5.75 Å². The Labute approximate surface area is 124 Å². The zero-order chi connectivity index (χ0) is 15.0. The van der Waals surface area contributed by atoms with Crippen molar-refractivity contribution in [3.63, 3.8) is 0 Å². The molecule has 0 saturated carbocycles. The van der Waals surface area contributed by atoms with Crippen molar-refractivity contribution in [2.45, 2.75) is 47.6 Å². The first-order chi connectivity index (χ1) is 9.54. The van der Waals surface area contributed by atoms with Gasteiger partial charge in [0.2, 0.25) is 0 Å². The zero-order valence-electron chi connectivity index (χ0n) is 13.8. The minimum absolute atomic E-state index is 0.724. The lowest BCUT2D eigenvalue weighted by Crippen LogP contribution is -2.29. The molecule has 1 aromatic rings. The minimum Gasteiger partial charge on any atom is -0.494 e. The van der Waals surface area contributed by atoms with E-state index >= 15 is 0 Å². The summed E-state index contributed by atoms with van der Waals surface area (Å²) in [6, 6.07) is 8.41. The third kappa shape index (κ3) is 5.96. The van der Waals surface area contributed by atoms with Crippen LogP contribution < -0.4 is 10.1 Å². The zero-order valence-corrected chi connectivity index (χ0v) is 13.8. The summed E-state index contributed by atoms with van der Waals surface area (Å²) in [7, 11) is 0. The van der Waals surface area contributed by atoms with Gasteiger partial charge in [0.25, 0.3) is 0 Å². The molecular formula is C18H31NO. The van der Waals surface area contributed by atoms with Gasteiger partial charge in [0, 0.05) is 6.54 Å². The van der Waals surface area contributed by atoms with Crippen LogP contribution in [0.2, 0.25) is 0 Å². The van der Waals surface area contributed by atoms with E-state index in [0.29, 0.717) is 0 Å². The lowest BCUT2D eigenvalue weighted by molar-refractivity contribution is 0.275. The molecule has 0 spiro atoms. The Bertz CT molecular complexity index is 365. The molecule has 0 atom stereocenters. The molecule has 0 unspecified atom stereocenters. The number of hydrogen-bond donors (Lipinski definition) is 1. The Hall–Kier alpha value is -1.02. The van der Waals surface area contributed by atoms with Crippen molar-refractivity contribution >= 4 is 0 Å². The molecule has 0 aliphatic rings. The fourth-order valence-electron chi connectivity index (χ4n) is 2.59. The SMILES string of the molecule is CCCOc1cccc(CNCC(C(C)C)C(C)C)c1. The van der Waals surface area contributed by atoms with E-state index < -0.39 is 0 Å². The van der Waals surface area contributed by atoms with Crippen LogP contribution in [0.1, 0.15) is 46.6 Å². The Morgan fingerprint density at radius 2 is 1.80 bits per heavy atom. The second-order valence-electron chi connectivity index (χ2n) is 6.28. The highest BCUT2D eigenvalue weighted by Gasteiger charge is 2.16. The number of nitrogens with one attached hydrogen (secondary N) is 1. The van der Waals surface area contributed by atoms with Gasteiger partial charge in [-0.15, -0.1) is 0 Å². The van der Waals surface area contributed by atoms with Crippen molar-refractivity contribution in [3.05, 3.63) is 29.8 Å². The average Bonchev–Trinajstić information content (AvgIpc) is 2.41. The summed E-state index contributed by atoms with van der Waals surface area (Å²) in [5, 5.41) is 3.59. The van der Waals surface area contributed by atoms with Gasteiger partial charge in [-0.2, -0.15) is 0 Å². The standard InChI is InChI=1S/C18H31NO/c1-6-10-20-17-9-7-8-16(11-17)12-19-13-18(14(2)3)15(4)5/h7-9,11,14-15,18-19H,6,10,12-13H2,1-5H3. The Balaban J connectivity index is 2.45. The van der Waals surface area contributed by atoms with Gasteiger partial charge in [0.15, 0.2) is 0 Å². The van der Waals surface area contributed by atoms with E-state index in [1.165, 1.54) is 5.56 Å². The van der Waals surface area contributed by atoms with Gasteiger partial charge in [-0.3, -0.25) is 0 Å². The number of hydrogen-bond acceptors (Lipinski definition) is 2. The lowest BCUT2D eigenvalue weighted by atomic mass is 9.85. The molecule has 0 amide bonds. The highest BCUT2D eigenvalue weighted by atomic mass is 16.5. The largest absolute Gasteiger partial charge is 0.494 e. The molecule has 0 bridgehead atoms. The van der Waals surface area contributed by atoms with Crippen molar-refractivity contribution in [1.82, 2.24) is 5.32 Å². The highest BCUT2D eigenvalue weighted by Crippen LogP contribution is 2.20. The normalized spacial score (nSPS) is 11.6. The molecule has 1 N–H and O–H groups in total. The molecule has 2 nitrogen and oxygen atoms in total. The van der Waals surface area contributed by atoms with E-state index in [4.69, 9.17) is 4.74 Å². The molecule has 1 aromatic carbocycles. The third-order valence-corrected chi connectivity index (χ3v) is 3.79. The van der Waals surface area contributed by atoms with Crippen LogP contribution in [0.25, 0.3) is 0 Å². The first-order valence-corrected chi connectivity index (χ1v) is 7.97. The first-order valence-electron chi connectivity index (χ1n) is 7.97. The Morgan fingerprint density at radius 1 is 1.10 bits per heavy atom. The molecule has 0 fully saturated rings. The third-order valence-electron chi connectivity index (χ3n) is 3.79. The van der Waals surface area contributed by atoms with E-state index in [2.05, 4.69) is 58.1 Å². The van der Waals surface area contributed by atoms with Crippen LogP contribution in [0.5, 0.6) is 5.75 Å². The van der Waals surface area contributed by atoms with Crippen molar-refractivity contribution in [2.75, 3.05) is 13.2 Å². The van der Waals surface area contributed by atoms with E-state index in [1.807, 2.05) is 6.07 Å². The predicted octanol–water partition coefficient (Wildman–Crippen LogP) is 4.49. The van der Waals surface area contributed by atoms with Crippen molar-refractivity contribution in [1.29, 1.82) is 0 Å². The van der Waals surface area contributed by atoms with Crippen LogP contribution in [-0.4, -0.2) is 13.2 Å². The molecule has 20 heavy (non-hydrogen) atoms. The Morgan fingerprint density at radius 3 is 2.40 bits per heavy atom. The quantitative estimate of drug-likeness (QED) is 0.718. The van der Waals surface area contributed by atoms with Crippen molar-refractivity contribution in [3.8, 4) is 5.75 Å². The molecule has 0 aromatic heterocycles. The van der Waals surface area contributed by atoms with Gasteiger partial charge in [0.05, 0.1) is 6.61 Å². The summed E-state index contributed by atoms with van der Waals surface area (Å²) < 4.78 is 5.67.